The van der Waals surface area contributed by atoms with E-state index in [1.807, 2.05) is 32.9 Å². The van der Waals surface area contributed by atoms with E-state index in [9.17, 15) is 4.79 Å². The lowest BCUT2D eigenvalue weighted by Gasteiger charge is -2.05. The Bertz CT molecular complexity index is 1160. The van der Waals surface area contributed by atoms with Crippen LogP contribution in [0, 0.1) is 20.8 Å². The first-order valence-electron chi connectivity index (χ1n) is 7.90. The minimum absolute atomic E-state index is 0.101. The summed E-state index contributed by atoms with van der Waals surface area (Å²) in [4.78, 5) is 22.1. The van der Waals surface area contributed by atoms with E-state index >= 15 is 0 Å². The summed E-state index contributed by atoms with van der Waals surface area (Å²) in [5.41, 5.74) is 3.08. The van der Waals surface area contributed by atoms with Crippen molar-refractivity contribution in [1.82, 2.24) is 24.6 Å². The van der Waals surface area contributed by atoms with Gasteiger partial charge in [-0.1, -0.05) is 17.8 Å². The smallest absolute Gasteiger partial charge is 0.277 e. The van der Waals surface area contributed by atoms with Crippen molar-refractivity contribution >= 4 is 28.7 Å². The summed E-state index contributed by atoms with van der Waals surface area (Å²) in [7, 11) is 0. The SMILES string of the molecule is Cc1nc(C)c(-c2nnc(SCc3cc(=O)n4cccc(C)c4n3)o2)s1. The molecule has 0 fully saturated rings. The van der Waals surface area contributed by atoms with Crippen LogP contribution < -0.4 is 5.56 Å². The van der Waals surface area contributed by atoms with E-state index in [0.717, 1.165) is 21.1 Å². The fourth-order valence-corrected chi connectivity index (χ4v) is 4.10. The molecule has 0 unspecified atom stereocenters. The summed E-state index contributed by atoms with van der Waals surface area (Å²) < 4.78 is 7.27. The van der Waals surface area contributed by atoms with Crippen LogP contribution in [0.4, 0.5) is 0 Å². The van der Waals surface area contributed by atoms with Gasteiger partial charge in [-0.2, -0.15) is 0 Å². The maximum atomic E-state index is 12.2. The Hall–Kier alpha value is -2.52. The van der Waals surface area contributed by atoms with Gasteiger partial charge in [0, 0.05) is 18.0 Å². The van der Waals surface area contributed by atoms with E-state index in [1.54, 1.807) is 10.6 Å². The van der Waals surface area contributed by atoms with Gasteiger partial charge in [0.2, 0.25) is 0 Å². The Kier molecular flexibility index (Phi) is 4.33. The van der Waals surface area contributed by atoms with Crippen molar-refractivity contribution in [3.8, 4) is 10.8 Å². The molecule has 4 aromatic rings. The van der Waals surface area contributed by atoms with E-state index < -0.39 is 0 Å². The molecule has 0 saturated carbocycles. The van der Waals surface area contributed by atoms with E-state index in [1.165, 1.54) is 29.2 Å². The molecule has 0 saturated heterocycles. The first-order chi connectivity index (χ1) is 12.5. The lowest BCUT2D eigenvalue weighted by Crippen LogP contribution is -2.15. The highest BCUT2D eigenvalue weighted by atomic mass is 32.2. The summed E-state index contributed by atoms with van der Waals surface area (Å²) in [5.74, 6) is 0.945. The quantitative estimate of drug-likeness (QED) is 0.498. The van der Waals surface area contributed by atoms with Crippen LogP contribution in [0.2, 0.25) is 0 Å². The van der Waals surface area contributed by atoms with Crippen LogP contribution in [0.1, 0.15) is 22.0 Å². The molecule has 0 radical (unpaired) electrons. The van der Waals surface area contributed by atoms with Gasteiger partial charge in [0.15, 0.2) is 0 Å². The third-order valence-corrected chi connectivity index (χ3v) is 5.70. The third kappa shape index (κ3) is 3.15. The predicted molar refractivity (Wildman–Crippen MR) is 101 cm³/mol. The van der Waals surface area contributed by atoms with Crippen molar-refractivity contribution in [2.24, 2.45) is 0 Å². The standard InChI is InChI=1S/C17H15N5O2S2/c1-9-5-4-6-22-13(23)7-12(19-15(9)22)8-25-17-21-20-16(24-17)14-10(2)18-11(3)26-14/h4-7H,8H2,1-3H3. The maximum absolute atomic E-state index is 12.2. The first kappa shape index (κ1) is 16.9. The number of thioether (sulfide) groups is 1. The average molecular weight is 385 g/mol. The van der Waals surface area contributed by atoms with Crippen molar-refractivity contribution in [1.29, 1.82) is 0 Å². The molecule has 0 N–H and O–H groups in total. The third-order valence-electron chi connectivity index (χ3n) is 3.79. The van der Waals surface area contributed by atoms with Gasteiger partial charge in [0.25, 0.3) is 16.7 Å². The van der Waals surface area contributed by atoms with Gasteiger partial charge in [0.05, 0.1) is 16.4 Å². The second-order valence-corrected chi connectivity index (χ2v) is 7.91. The zero-order chi connectivity index (χ0) is 18.3. The number of nitrogens with zero attached hydrogens (tertiary/aromatic N) is 5. The highest BCUT2D eigenvalue weighted by Gasteiger charge is 2.15. The zero-order valence-electron chi connectivity index (χ0n) is 14.4. The summed E-state index contributed by atoms with van der Waals surface area (Å²) in [6.45, 7) is 5.80. The lowest BCUT2D eigenvalue weighted by molar-refractivity contribution is 0.466. The number of rotatable bonds is 4. The second-order valence-electron chi connectivity index (χ2n) is 5.78. The van der Waals surface area contributed by atoms with Crippen molar-refractivity contribution in [3.63, 3.8) is 0 Å². The Morgan fingerprint density at radius 3 is 2.85 bits per heavy atom. The van der Waals surface area contributed by atoms with Gasteiger partial charge < -0.3 is 4.42 Å². The molecule has 0 spiro atoms. The minimum atomic E-state index is -0.101. The van der Waals surface area contributed by atoms with Crippen LogP contribution in [0.15, 0.2) is 38.8 Å². The van der Waals surface area contributed by atoms with Crippen molar-refractivity contribution in [2.75, 3.05) is 0 Å². The molecule has 0 aromatic carbocycles. The molecular formula is C17H15N5O2S2. The normalized spacial score (nSPS) is 11.3. The molecule has 0 atom stereocenters. The maximum Gasteiger partial charge on any atom is 0.277 e. The Labute approximate surface area is 157 Å². The molecule has 9 heteroatoms. The van der Waals surface area contributed by atoms with Crippen LogP contribution in [-0.2, 0) is 5.75 Å². The van der Waals surface area contributed by atoms with Crippen molar-refractivity contribution < 1.29 is 4.42 Å². The van der Waals surface area contributed by atoms with E-state index in [-0.39, 0.29) is 5.56 Å². The number of fused-ring (bicyclic) bond motifs is 1. The molecule has 0 bridgehead atoms. The van der Waals surface area contributed by atoms with E-state index in [4.69, 9.17) is 4.42 Å². The molecule has 0 aliphatic rings. The Morgan fingerprint density at radius 1 is 1.23 bits per heavy atom. The van der Waals surface area contributed by atoms with Gasteiger partial charge in [-0.25, -0.2) is 9.97 Å². The van der Waals surface area contributed by atoms with Gasteiger partial charge in [-0.05, 0) is 32.4 Å². The van der Waals surface area contributed by atoms with Crippen LogP contribution >= 0.6 is 23.1 Å². The monoisotopic (exact) mass is 385 g/mol. The average Bonchev–Trinajstić information content (AvgIpc) is 3.20. The van der Waals surface area contributed by atoms with Crippen LogP contribution in [0.5, 0.6) is 0 Å². The Balaban J connectivity index is 1.57. The molecule has 7 nitrogen and oxygen atoms in total. The minimum Gasteiger partial charge on any atom is -0.410 e. The van der Waals surface area contributed by atoms with Gasteiger partial charge >= 0.3 is 0 Å². The summed E-state index contributed by atoms with van der Waals surface area (Å²) >= 11 is 2.89. The molecule has 0 amide bonds. The highest BCUT2D eigenvalue weighted by molar-refractivity contribution is 7.98. The summed E-state index contributed by atoms with van der Waals surface area (Å²) in [6, 6.07) is 5.30. The van der Waals surface area contributed by atoms with Gasteiger partial charge in [0.1, 0.15) is 10.5 Å². The van der Waals surface area contributed by atoms with Gasteiger partial charge in [-0.3, -0.25) is 9.20 Å². The number of thiazole rings is 1. The summed E-state index contributed by atoms with van der Waals surface area (Å²) in [5, 5.41) is 9.58. The van der Waals surface area contributed by atoms with Crippen LogP contribution in [-0.4, -0.2) is 24.6 Å². The molecule has 0 aliphatic heterocycles. The molecule has 132 valence electrons. The molecule has 4 heterocycles. The summed E-state index contributed by atoms with van der Waals surface area (Å²) in [6.07, 6.45) is 1.72. The Morgan fingerprint density at radius 2 is 2.08 bits per heavy atom. The molecule has 4 aromatic heterocycles. The van der Waals surface area contributed by atoms with Crippen LogP contribution in [0.3, 0.4) is 0 Å². The van der Waals surface area contributed by atoms with Crippen molar-refractivity contribution in [2.45, 2.75) is 31.7 Å². The number of aromatic nitrogens is 5. The number of hydrogen-bond donors (Lipinski definition) is 0. The molecule has 0 aliphatic carbocycles. The largest absolute Gasteiger partial charge is 0.410 e. The van der Waals surface area contributed by atoms with Crippen LogP contribution in [0.25, 0.3) is 16.4 Å². The molecule has 4 rings (SSSR count). The van der Waals surface area contributed by atoms with E-state index in [0.29, 0.717) is 28.2 Å². The fourth-order valence-electron chi connectivity index (χ4n) is 2.61. The number of hydrogen-bond acceptors (Lipinski definition) is 8. The predicted octanol–water partition coefficient (Wildman–Crippen LogP) is 3.42. The van der Waals surface area contributed by atoms with E-state index in [2.05, 4.69) is 20.2 Å². The zero-order valence-corrected chi connectivity index (χ0v) is 16.0. The fraction of sp³-hybridized carbons (Fsp3) is 0.235. The second kappa shape index (κ2) is 6.65. The highest BCUT2D eigenvalue weighted by Crippen LogP contribution is 2.31. The first-order valence-corrected chi connectivity index (χ1v) is 9.70. The van der Waals surface area contributed by atoms with Crippen molar-refractivity contribution in [3.05, 3.63) is 56.7 Å². The molecular weight excluding hydrogens is 370 g/mol. The number of pyridine rings is 1. The lowest BCUT2D eigenvalue weighted by atomic mass is 10.3. The number of aryl methyl sites for hydroxylation is 3. The molecule has 26 heavy (non-hydrogen) atoms. The van der Waals surface area contributed by atoms with Gasteiger partial charge in [-0.15, -0.1) is 21.5 Å². The topological polar surface area (TPSA) is 86.2 Å².